The molecule has 3 aromatic rings. The molecule has 0 N–H and O–H groups in total. The molecule has 1 saturated heterocycles. The van der Waals surface area contributed by atoms with Crippen LogP contribution in [-0.4, -0.2) is 43.1 Å². The van der Waals surface area contributed by atoms with E-state index in [2.05, 4.69) is 10.1 Å². The zero-order chi connectivity index (χ0) is 20.4. The van der Waals surface area contributed by atoms with Gasteiger partial charge in [-0.3, -0.25) is 0 Å². The molecule has 29 heavy (non-hydrogen) atoms. The lowest BCUT2D eigenvalue weighted by atomic mass is 10.00. The van der Waals surface area contributed by atoms with Gasteiger partial charge in [0.05, 0.1) is 23.5 Å². The molecule has 0 unspecified atom stereocenters. The Hall–Kier alpha value is -2.42. The summed E-state index contributed by atoms with van der Waals surface area (Å²) in [4.78, 5) is 4.74. The van der Waals surface area contributed by atoms with Crippen LogP contribution < -0.4 is 4.74 Å². The first kappa shape index (κ1) is 19.9. The van der Waals surface area contributed by atoms with Crippen molar-refractivity contribution in [3.63, 3.8) is 0 Å². The van der Waals surface area contributed by atoms with E-state index in [1.54, 1.807) is 19.2 Å². The SMILES string of the molecule is COc1ccccc1-c1noc([C@@H]2CCCN(S(=O)(=O)c3ccc(Cl)cc3)C2)n1. The Morgan fingerprint density at radius 2 is 1.93 bits per heavy atom. The summed E-state index contributed by atoms with van der Waals surface area (Å²) in [5.74, 6) is 1.34. The molecule has 1 atom stereocenters. The van der Waals surface area contributed by atoms with Crippen LogP contribution in [0, 0.1) is 0 Å². The summed E-state index contributed by atoms with van der Waals surface area (Å²) in [5.41, 5.74) is 0.728. The van der Waals surface area contributed by atoms with Crippen LogP contribution in [0.25, 0.3) is 11.4 Å². The number of aromatic nitrogens is 2. The summed E-state index contributed by atoms with van der Waals surface area (Å²) in [6.07, 6.45) is 1.49. The van der Waals surface area contributed by atoms with Gasteiger partial charge >= 0.3 is 0 Å². The van der Waals surface area contributed by atoms with Crippen LogP contribution in [0.2, 0.25) is 5.02 Å². The van der Waals surface area contributed by atoms with Crippen molar-refractivity contribution in [3.8, 4) is 17.1 Å². The average Bonchev–Trinajstić information content (AvgIpc) is 3.24. The summed E-state index contributed by atoms with van der Waals surface area (Å²) < 4.78 is 38.3. The van der Waals surface area contributed by atoms with Crippen LogP contribution in [0.5, 0.6) is 5.75 Å². The van der Waals surface area contributed by atoms with Crippen molar-refractivity contribution in [3.05, 3.63) is 59.4 Å². The van der Waals surface area contributed by atoms with E-state index < -0.39 is 10.0 Å². The number of sulfonamides is 1. The lowest BCUT2D eigenvalue weighted by Crippen LogP contribution is -2.39. The molecule has 0 bridgehead atoms. The number of piperidine rings is 1. The van der Waals surface area contributed by atoms with Crippen molar-refractivity contribution in [1.29, 1.82) is 0 Å². The van der Waals surface area contributed by atoms with E-state index in [0.717, 1.165) is 12.0 Å². The monoisotopic (exact) mass is 433 g/mol. The van der Waals surface area contributed by atoms with Crippen molar-refractivity contribution >= 4 is 21.6 Å². The number of rotatable bonds is 5. The predicted octanol–water partition coefficient (Wildman–Crippen LogP) is 3.97. The largest absolute Gasteiger partial charge is 0.496 e. The molecule has 7 nitrogen and oxygen atoms in total. The number of benzene rings is 2. The maximum atomic E-state index is 13.0. The smallest absolute Gasteiger partial charge is 0.243 e. The van der Waals surface area contributed by atoms with Gasteiger partial charge in [0.1, 0.15) is 5.75 Å². The minimum Gasteiger partial charge on any atom is -0.496 e. The van der Waals surface area contributed by atoms with Crippen LogP contribution in [0.4, 0.5) is 0 Å². The highest BCUT2D eigenvalue weighted by molar-refractivity contribution is 7.89. The van der Waals surface area contributed by atoms with Gasteiger partial charge in [0.2, 0.25) is 21.7 Å². The van der Waals surface area contributed by atoms with Crippen molar-refractivity contribution in [2.45, 2.75) is 23.7 Å². The van der Waals surface area contributed by atoms with Gasteiger partial charge in [-0.05, 0) is 49.2 Å². The first-order chi connectivity index (χ1) is 14.0. The Bertz CT molecular complexity index is 1100. The first-order valence-corrected chi connectivity index (χ1v) is 11.0. The van der Waals surface area contributed by atoms with Crippen LogP contribution in [0.1, 0.15) is 24.7 Å². The minimum absolute atomic E-state index is 0.165. The van der Waals surface area contributed by atoms with Gasteiger partial charge in [-0.25, -0.2) is 8.42 Å². The standard InChI is InChI=1S/C20H20ClN3O4S/c1-27-18-7-3-2-6-17(18)19-22-20(28-23-19)14-5-4-12-24(13-14)29(25,26)16-10-8-15(21)9-11-16/h2-3,6-11,14H,4-5,12-13H2,1H3/t14-/m1/s1. The molecule has 4 rings (SSSR count). The van der Waals surface area contributed by atoms with Gasteiger partial charge in [-0.15, -0.1) is 0 Å². The molecule has 0 aliphatic carbocycles. The normalized spacial score (nSPS) is 17.9. The Morgan fingerprint density at radius 3 is 2.69 bits per heavy atom. The van der Waals surface area contributed by atoms with E-state index in [4.69, 9.17) is 20.9 Å². The lowest BCUT2D eigenvalue weighted by molar-refractivity contribution is 0.265. The number of halogens is 1. The van der Waals surface area contributed by atoms with Gasteiger partial charge in [0.25, 0.3) is 0 Å². The molecule has 0 amide bonds. The third-order valence-corrected chi connectivity index (χ3v) is 7.11. The highest BCUT2D eigenvalue weighted by Gasteiger charge is 2.33. The zero-order valence-electron chi connectivity index (χ0n) is 15.8. The van der Waals surface area contributed by atoms with Gasteiger partial charge < -0.3 is 9.26 Å². The number of methoxy groups -OCH3 is 1. The molecule has 1 aliphatic rings. The second-order valence-corrected chi connectivity index (χ2v) is 9.19. The average molecular weight is 434 g/mol. The lowest BCUT2D eigenvalue weighted by Gasteiger charge is -2.30. The fraction of sp³-hybridized carbons (Fsp3) is 0.300. The van der Waals surface area contributed by atoms with Crippen LogP contribution in [-0.2, 0) is 10.0 Å². The molecule has 0 radical (unpaired) electrons. The minimum atomic E-state index is -3.61. The molecule has 2 heterocycles. The van der Waals surface area contributed by atoms with Gasteiger partial charge in [0, 0.05) is 18.1 Å². The highest BCUT2D eigenvalue weighted by Crippen LogP contribution is 2.32. The van der Waals surface area contributed by atoms with Crippen molar-refractivity contribution < 1.29 is 17.7 Å². The van der Waals surface area contributed by atoms with Crippen molar-refractivity contribution in [2.75, 3.05) is 20.2 Å². The molecule has 1 aromatic heterocycles. The molecular weight excluding hydrogens is 414 g/mol. The van der Waals surface area contributed by atoms with E-state index >= 15 is 0 Å². The second kappa shape index (κ2) is 8.14. The molecule has 0 spiro atoms. The summed E-state index contributed by atoms with van der Waals surface area (Å²) in [6, 6.07) is 13.6. The highest BCUT2D eigenvalue weighted by atomic mass is 35.5. The first-order valence-electron chi connectivity index (χ1n) is 9.22. The van der Waals surface area contributed by atoms with Gasteiger partial charge in [-0.1, -0.05) is 28.9 Å². The maximum Gasteiger partial charge on any atom is 0.243 e. The summed E-state index contributed by atoms with van der Waals surface area (Å²) in [7, 11) is -2.03. The van der Waals surface area contributed by atoms with Crippen molar-refractivity contribution in [1.82, 2.24) is 14.4 Å². The summed E-state index contributed by atoms with van der Waals surface area (Å²) in [5, 5.41) is 4.57. The Kier molecular flexibility index (Phi) is 5.58. The third kappa shape index (κ3) is 4.01. The summed E-state index contributed by atoms with van der Waals surface area (Å²) >= 11 is 5.88. The molecule has 2 aromatic carbocycles. The quantitative estimate of drug-likeness (QED) is 0.605. The number of hydrogen-bond donors (Lipinski definition) is 0. The van der Waals surface area contributed by atoms with Crippen LogP contribution >= 0.6 is 11.6 Å². The third-order valence-electron chi connectivity index (χ3n) is 4.97. The number of para-hydroxylation sites is 1. The van der Waals surface area contributed by atoms with Gasteiger partial charge in [-0.2, -0.15) is 9.29 Å². The zero-order valence-corrected chi connectivity index (χ0v) is 17.4. The Balaban J connectivity index is 1.56. The van der Waals surface area contributed by atoms with E-state index in [1.165, 1.54) is 16.4 Å². The predicted molar refractivity (Wildman–Crippen MR) is 108 cm³/mol. The number of ether oxygens (including phenoxy) is 1. The fourth-order valence-corrected chi connectivity index (χ4v) is 5.11. The molecule has 152 valence electrons. The summed E-state index contributed by atoms with van der Waals surface area (Å²) in [6.45, 7) is 0.744. The molecule has 9 heteroatoms. The molecular formula is C20H20ClN3O4S. The number of nitrogens with zero attached hydrogens (tertiary/aromatic N) is 3. The van der Waals surface area contributed by atoms with E-state index in [1.807, 2.05) is 24.3 Å². The molecule has 0 saturated carbocycles. The van der Waals surface area contributed by atoms with Crippen molar-refractivity contribution in [2.24, 2.45) is 0 Å². The van der Waals surface area contributed by atoms with E-state index in [0.29, 0.717) is 42.0 Å². The Morgan fingerprint density at radius 1 is 1.17 bits per heavy atom. The van der Waals surface area contributed by atoms with Crippen LogP contribution in [0.15, 0.2) is 57.9 Å². The molecule has 1 aliphatic heterocycles. The molecule has 1 fully saturated rings. The van der Waals surface area contributed by atoms with E-state index in [9.17, 15) is 8.42 Å². The second-order valence-electron chi connectivity index (χ2n) is 6.81. The maximum absolute atomic E-state index is 13.0. The topological polar surface area (TPSA) is 85.5 Å². The van der Waals surface area contributed by atoms with E-state index in [-0.39, 0.29) is 10.8 Å². The number of hydrogen-bond acceptors (Lipinski definition) is 6. The van der Waals surface area contributed by atoms with Crippen LogP contribution in [0.3, 0.4) is 0 Å². The van der Waals surface area contributed by atoms with Gasteiger partial charge in [0.15, 0.2) is 0 Å². The Labute approximate surface area is 174 Å². The fourth-order valence-electron chi connectivity index (χ4n) is 3.46.